The summed E-state index contributed by atoms with van der Waals surface area (Å²) in [5.41, 5.74) is 5.50. The first-order chi connectivity index (χ1) is 6.32. The third-order valence-corrected chi connectivity index (χ3v) is 3.05. The van der Waals surface area contributed by atoms with E-state index in [1.807, 2.05) is 0 Å². The lowest BCUT2D eigenvalue weighted by atomic mass is 10.3. The molecule has 0 aliphatic carbocycles. The maximum Gasteiger partial charge on any atom is 0.231 e. The van der Waals surface area contributed by atoms with Crippen LogP contribution in [0, 0.1) is 5.82 Å². The molecule has 1 aromatic carbocycles. The number of hydrogen-bond acceptors (Lipinski definition) is 3. The molecule has 0 unspecified atom stereocenters. The Morgan fingerprint density at radius 2 is 2.00 bits per heavy atom. The summed E-state index contributed by atoms with van der Waals surface area (Å²) in [5.74, 6) is -0.627. The molecule has 2 N–H and O–H groups in total. The van der Waals surface area contributed by atoms with E-state index in [2.05, 4.69) is 0 Å². The summed E-state index contributed by atoms with van der Waals surface area (Å²) in [5, 5.41) is 0. The molecule has 0 saturated heterocycles. The average Bonchev–Trinajstić information content (AvgIpc) is 2.07. The van der Waals surface area contributed by atoms with Crippen molar-refractivity contribution in [1.29, 1.82) is 0 Å². The van der Waals surface area contributed by atoms with Gasteiger partial charge in [-0.25, -0.2) is 12.8 Å². The maximum absolute atomic E-state index is 13.0. The Morgan fingerprint density at radius 3 is 2.43 bits per heavy atom. The summed E-state index contributed by atoms with van der Waals surface area (Å²) in [6.45, 7) is 0. The minimum Gasteiger partial charge on any atom is -0.396 e. The molecule has 0 bridgehead atoms. The first-order valence-electron chi connectivity index (χ1n) is 3.81. The van der Waals surface area contributed by atoms with Gasteiger partial charge < -0.3 is 5.73 Å². The highest BCUT2D eigenvalue weighted by atomic mass is 32.2. The smallest absolute Gasteiger partial charge is 0.231 e. The first kappa shape index (κ1) is 10.8. The zero-order valence-electron chi connectivity index (χ0n) is 7.86. The van der Waals surface area contributed by atoms with Crippen LogP contribution in [0.1, 0.15) is 0 Å². The lowest BCUT2D eigenvalue weighted by Gasteiger charge is -2.16. The highest BCUT2D eigenvalue weighted by molar-refractivity contribution is 7.92. The predicted molar refractivity (Wildman–Crippen MR) is 54.1 cm³/mol. The molecule has 0 amide bonds. The molecule has 4 nitrogen and oxygen atoms in total. The third-order valence-electron chi connectivity index (χ3n) is 1.85. The van der Waals surface area contributed by atoms with E-state index in [4.69, 9.17) is 5.73 Å². The van der Waals surface area contributed by atoms with Gasteiger partial charge in [0.05, 0.1) is 17.6 Å². The summed E-state index contributed by atoms with van der Waals surface area (Å²) in [7, 11) is -2.01. The van der Waals surface area contributed by atoms with Crippen LogP contribution in [-0.2, 0) is 10.0 Å². The van der Waals surface area contributed by atoms with E-state index in [0.29, 0.717) is 0 Å². The molecular formula is C8H11FN2O2S. The summed E-state index contributed by atoms with van der Waals surface area (Å²) < 4.78 is 36.2. The number of sulfonamides is 1. The maximum atomic E-state index is 13.0. The van der Waals surface area contributed by atoms with E-state index in [1.54, 1.807) is 0 Å². The summed E-state index contributed by atoms with van der Waals surface area (Å²) >= 11 is 0. The number of halogens is 1. The topological polar surface area (TPSA) is 63.4 Å². The fraction of sp³-hybridized carbons (Fsp3) is 0.250. The molecule has 0 atom stereocenters. The molecule has 14 heavy (non-hydrogen) atoms. The van der Waals surface area contributed by atoms with Crippen molar-refractivity contribution in [2.24, 2.45) is 0 Å². The lowest BCUT2D eigenvalue weighted by molar-refractivity contribution is 0.600. The monoisotopic (exact) mass is 218 g/mol. The van der Waals surface area contributed by atoms with Gasteiger partial charge in [0.15, 0.2) is 0 Å². The molecular weight excluding hydrogens is 207 g/mol. The summed E-state index contributed by atoms with van der Waals surface area (Å²) in [6, 6.07) is 3.85. The Kier molecular flexibility index (Phi) is 2.66. The van der Waals surface area contributed by atoms with Crippen molar-refractivity contribution in [3.05, 3.63) is 24.0 Å². The highest BCUT2D eigenvalue weighted by Gasteiger charge is 2.12. The Bertz CT molecular complexity index is 445. The van der Waals surface area contributed by atoms with E-state index in [-0.39, 0.29) is 11.4 Å². The second kappa shape index (κ2) is 3.45. The molecule has 1 aromatic rings. The van der Waals surface area contributed by atoms with Crippen LogP contribution < -0.4 is 10.0 Å². The van der Waals surface area contributed by atoms with Crippen molar-refractivity contribution in [1.82, 2.24) is 0 Å². The van der Waals surface area contributed by atoms with Crippen molar-refractivity contribution >= 4 is 21.4 Å². The van der Waals surface area contributed by atoms with E-state index in [9.17, 15) is 12.8 Å². The number of nitrogen functional groups attached to an aromatic ring is 1. The number of nitrogens with zero attached hydrogens (tertiary/aromatic N) is 1. The van der Waals surface area contributed by atoms with Gasteiger partial charge in [0.25, 0.3) is 0 Å². The van der Waals surface area contributed by atoms with Crippen molar-refractivity contribution in [2.45, 2.75) is 0 Å². The molecule has 0 fully saturated rings. The van der Waals surface area contributed by atoms with Crippen LogP contribution in [0.4, 0.5) is 15.8 Å². The molecule has 78 valence electrons. The molecule has 0 aliphatic heterocycles. The second-order valence-electron chi connectivity index (χ2n) is 2.94. The predicted octanol–water partition coefficient (Wildman–Crippen LogP) is 0.804. The van der Waals surface area contributed by atoms with E-state index >= 15 is 0 Å². The van der Waals surface area contributed by atoms with Crippen LogP contribution in [0.3, 0.4) is 0 Å². The zero-order chi connectivity index (χ0) is 10.9. The fourth-order valence-electron chi connectivity index (χ4n) is 0.903. The van der Waals surface area contributed by atoms with E-state index < -0.39 is 15.8 Å². The fourth-order valence-corrected chi connectivity index (χ4v) is 1.40. The zero-order valence-corrected chi connectivity index (χ0v) is 8.68. The van der Waals surface area contributed by atoms with Crippen LogP contribution >= 0.6 is 0 Å². The number of hydrogen-bond donors (Lipinski definition) is 1. The van der Waals surface area contributed by atoms with Gasteiger partial charge >= 0.3 is 0 Å². The number of rotatable bonds is 2. The summed E-state index contributed by atoms with van der Waals surface area (Å²) in [4.78, 5) is 0. The SMILES string of the molecule is CN(c1ccc(N)c(F)c1)S(C)(=O)=O. The van der Waals surface area contributed by atoms with Gasteiger partial charge in [-0.15, -0.1) is 0 Å². The molecule has 6 heteroatoms. The van der Waals surface area contributed by atoms with Crippen molar-refractivity contribution in [3.63, 3.8) is 0 Å². The molecule has 0 saturated carbocycles. The van der Waals surface area contributed by atoms with Gasteiger partial charge in [-0.2, -0.15) is 0 Å². The van der Waals surface area contributed by atoms with Gasteiger partial charge in [-0.05, 0) is 12.1 Å². The van der Waals surface area contributed by atoms with Crippen LogP contribution in [0.25, 0.3) is 0 Å². The molecule has 1 rings (SSSR count). The highest BCUT2D eigenvalue weighted by Crippen LogP contribution is 2.20. The third kappa shape index (κ3) is 2.14. The van der Waals surface area contributed by atoms with Gasteiger partial charge in [0.1, 0.15) is 5.82 Å². The van der Waals surface area contributed by atoms with Crippen LogP contribution in [0.2, 0.25) is 0 Å². The van der Waals surface area contributed by atoms with Gasteiger partial charge in [0.2, 0.25) is 10.0 Å². The second-order valence-corrected chi connectivity index (χ2v) is 4.95. The van der Waals surface area contributed by atoms with Gasteiger partial charge in [-0.1, -0.05) is 0 Å². The normalized spacial score (nSPS) is 11.4. The van der Waals surface area contributed by atoms with Crippen LogP contribution in [0.5, 0.6) is 0 Å². The Labute approximate surface area is 82.2 Å². The standard InChI is InChI=1S/C8H11FN2O2S/c1-11(14(2,12)13)6-3-4-8(10)7(9)5-6/h3-5H,10H2,1-2H3. The van der Waals surface area contributed by atoms with Gasteiger partial charge in [-0.3, -0.25) is 4.31 Å². The molecule has 0 heterocycles. The van der Waals surface area contributed by atoms with E-state index in [0.717, 1.165) is 16.6 Å². The molecule has 0 radical (unpaired) electrons. The first-order valence-corrected chi connectivity index (χ1v) is 5.66. The van der Waals surface area contributed by atoms with Crippen molar-refractivity contribution < 1.29 is 12.8 Å². The average molecular weight is 218 g/mol. The molecule has 0 aliphatic rings. The number of benzene rings is 1. The molecule has 0 aromatic heterocycles. The van der Waals surface area contributed by atoms with Crippen molar-refractivity contribution in [3.8, 4) is 0 Å². The lowest BCUT2D eigenvalue weighted by Crippen LogP contribution is -2.24. The molecule has 0 spiro atoms. The number of nitrogens with two attached hydrogens (primary N) is 1. The Morgan fingerprint density at radius 1 is 1.43 bits per heavy atom. The number of anilines is 2. The Balaban J connectivity index is 3.16. The van der Waals surface area contributed by atoms with Crippen LogP contribution in [0.15, 0.2) is 18.2 Å². The minimum absolute atomic E-state index is 0.00403. The van der Waals surface area contributed by atoms with E-state index in [1.165, 1.54) is 19.2 Å². The largest absolute Gasteiger partial charge is 0.396 e. The van der Waals surface area contributed by atoms with Gasteiger partial charge in [0, 0.05) is 13.1 Å². The minimum atomic E-state index is -3.36. The summed E-state index contributed by atoms with van der Waals surface area (Å²) in [6.07, 6.45) is 1.04. The van der Waals surface area contributed by atoms with Crippen molar-refractivity contribution in [2.75, 3.05) is 23.3 Å². The quantitative estimate of drug-likeness (QED) is 0.747. The van der Waals surface area contributed by atoms with Crippen LogP contribution in [-0.4, -0.2) is 21.7 Å². The Hall–Kier alpha value is -1.30.